The molecule has 0 saturated carbocycles. The molecule has 0 radical (unpaired) electrons. The first-order valence-corrected chi connectivity index (χ1v) is 8.38. The largest absolute Gasteiger partial charge is 0.450 e. The first kappa shape index (κ1) is 17.1. The third-order valence-electron chi connectivity index (χ3n) is 4.28. The summed E-state index contributed by atoms with van der Waals surface area (Å²) in [5.74, 6) is -0.498. The fraction of sp³-hybridized carbons (Fsp3) is 0.471. The molecule has 1 aliphatic rings. The third kappa shape index (κ3) is 3.67. The molecule has 0 bridgehead atoms. The SMILES string of the molecule is CCOC(=O)N1CCN(C(=O)CCn2c(=O)oc3ccccc32)CC1. The average Bonchev–Trinajstić information content (AvgIpc) is 2.95. The minimum atomic E-state index is -0.457. The fourth-order valence-electron chi connectivity index (χ4n) is 2.94. The maximum Gasteiger partial charge on any atom is 0.419 e. The molecule has 2 aromatic rings. The Hall–Kier alpha value is -2.77. The number of aryl methyl sites for hydroxylation is 1. The van der Waals surface area contributed by atoms with Gasteiger partial charge in [-0.15, -0.1) is 0 Å². The molecule has 8 nitrogen and oxygen atoms in total. The second-order valence-corrected chi connectivity index (χ2v) is 5.80. The van der Waals surface area contributed by atoms with Crippen LogP contribution in [0.2, 0.25) is 0 Å². The number of benzene rings is 1. The monoisotopic (exact) mass is 347 g/mol. The maximum absolute atomic E-state index is 12.4. The highest BCUT2D eigenvalue weighted by atomic mass is 16.6. The first-order chi connectivity index (χ1) is 12.1. The van der Waals surface area contributed by atoms with E-state index in [4.69, 9.17) is 9.15 Å². The Labute approximate surface area is 144 Å². The summed E-state index contributed by atoms with van der Waals surface area (Å²) in [6.07, 6.45) is -0.130. The lowest BCUT2D eigenvalue weighted by Crippen LogP contribution is -2.50. The quantitative estimate of drug-likeness (QED) is 0.832. The molecular formula is C17H21N3O5. The number of nitrogens with zero attached hydrogens (tertiary/aromatic N) is 3. The van der Waals surface area contributed by atoms with Gasteiger partial charge in [-0.05, 0) is 19.1 Å². The molecule has 1 aromatic carbocycles. The molecule has 0 N–H and O–H groups in total. The zero-order valence-electron chi connectivity index (χ0n) is 14.1. The molecule has 2 heterocycles. The van der Waals surface area contributed by atoms with Crippen molar-refractivity contribution in [2.45, 2.75) is 19.9 Å². The minimum absolute atomic E-state index is 0.0410. The van der Waals surface area contributed by atoms with Gasteiger partial charge in [0, 0.05) is 39.1 Å². The molecule has 25 heavy (non-hydrogen) atoms. The second kappa shape index (κ2) is 7.42. The molecule has 134 valence electrons. The van der Waals surface area contributed by atoms with E-state index in [9.17, 15) is 14.4 Å². The topological polar surface area (TPSA) is 85.0 Å². The van der Waals surface area contributed by atoms with Crippen LogP contribution in [0, 0.1) is 0 Å². The van der Waals surface area contributed by atoms with Gasteiger partial charge in [0.1, 0.15) is 0 Å². The van der Waals surface area contributed by atoms with Crippen molar-refractivity contribution in [3.05, 3.63) is 34.8 Å². The van der Waals surface area contributed by atoms with Crippen LogP contribution in [0.5, 0.6) is 0 Å². The highest BCUT2D eigenvalue weighted by molar-refractivity contribution is 5.77. The zero-order chi connectivity index (χ0) is 17.8. The number of piperazine rings is 1. The van der Waals surface area contributed by atoms with E-state index in [0.29, 0.717) is 43.9 Å². The number of carbonyl (C=O) groups excluding carboxylic acids is 2. The second-order valence-electron chi connectivity index (χ2n) is 5.80. The van der Waals surface area contributed by atoms with E-state index in [-0.39, 0.29) is 25.0 Å². The molecule has 1 saturated heterocycles. The molecule has 1 fully saturated rings. The number of amides is 2. The lowest BCUT2D eigenvalue weighted by atomic mass is 10.2. The predicted octanol–water partition coefficient (Wildman–Crippen LogP) is 1.29. The van der Waals surface area contributed by atoms with Crippen molar-refractivity contribution in [1.29, 1.82) is 0 Å². The Morgan fingerprint density at radius 1 is 1.12 bits per heavy atom. The first-order valence-electron chi connectivity index (χ1n) is 8.38. The van der Waals surface area contributed by atoms with Crippen LogP contribution < -0.4 is 5.76 Å². The van der Waals surface area contributed by atoms with Crippen molar-refractivity contribution in [2.75, 3.05) is 32.8 Å². The van der Waals surface area contributed by atoms with Crippen molar-refractivity contribution in [3.63, 3.8) is 0 Å². The number of oxazole rings is 1. The summed E-state index contributed by atoms with van der Waals surface area (Å²) in [7, 11) is 0. The lowest BCUT2D eigenvalue weighted by molar-refractivity contribution is -0.133. The molecule has 2 amide bonds. The number of hydrogen-bond donors (Lipinski definition) is 0. The molecular weight excluding hydrogens is 326 g/mol. The maximum atomic E-state index is 12.4. The number of para-hydroxylation sites is 2. The third-order valence-corrected chi connectivity index (χ3v) is 4.28. The lowest BCUT2D eigenvalue weighted by Gasteiger charge is -2.34. The molecule has 3 rings (SSSR count). The normalized spacial score (nSPS) is 14.8. The summed E-state index contributed by atoms with van der Waals surface area (Å²) < 4.78 is 11.6. The van der Waals surface area contributed by atoms with Gasteiger partial charge in [-0.3, -0.25) is 9.36 Å². The number of ether oxygens (including phenoxy) is 1. The number of carbonyl (C=O) groups is 2. The Morgan fingerprint density at radius 3 is 2.52 bits per heavy atom. The Bertz CT molecular complexity index is 817. The molecule has 8 heteroatoms. The molecule has 0 unspecified atom stereocenters. The Kier molecular flexibility index (Phi) is 5.06. The summed E-state index contributed by atoms with van der Waals surface area (Å²) in [5.41, 5.74) is 1.20. The summed E-state index contributed by atoms with van der Waals surface area (Å²) in [5, 5.41) is 0. The van der Waals surface area contributed by atoms with Crippen molar-refractivity contribution < 1.29 is 18.7 Å². The zero-order valence-corrected chi connectivity index (χ0v) is 14.1. The van der Waals surface area contributed by atoms with Crippen molar-refractivity contribution in [3.8, 4) is 0 Å². The van der Waals surface area contributed by atoms with Crippen molar-refractivity contribution in [2.24, 2.45) is 0 Å². The van der Waals surface area contributed by atoms with Gasteiger partial charge in [0.05, 0.1) is 12.1 Å². The van der Waals surface area contributed by atoms with Crippen LogP contribution in [0.4, 0.5) is 4.79 Å². The van der Waals surface area contributed by atoms with E-state index >= 15 is 0 Å². The van der Waals surface area contributed by atoms with E-state index < -0.39 is 5.76 Å². The number of fused-ring (bicyclic) bond motifs is 1. The van der Waals surface area contributed by atoms with Crippen LogP contribution >= 0.6 is 0 Å². The smallest absolute Gasteiger partial charge is 0.419 e. The van der Waals surface area contributed by atoms with E-state index in [1.807, 2.05) is 6.07 Å². The summed E-state index contributed by atoms with van der Waals surface area (Å²) in [6.45, 7) is 4.23. The van der Waals surface area contributed by atoms with Gasteiger partial charge in [-0.2, -0.15) is 0 Å². The Balaban J connectivity index is 1.56. The van der Waals surface area contributed by atoms with Crippen LogP contribution in [0.1, 0.15) is 13.3 Å². The van der Waals surface area contributed by atoms with Gasteiger partial charge >= 0.3 is 11.8 Å². The van der Waals surface area contributed by atoms with Gasteiger partial charge in [0.25, 0.3) is 0 Å². The van der Waals surface area contributed by atoms with Crippen LogP contribution in [0.25, 0.3) is 11.1 Å². The molecule has 0 aliphatic carbocycles. The summed E-state index contributed by atoms with van der Waals surface area (Å²) in [6, 6.07) is 7.14. The van der Waals surface area contributed by atoms with Gasteiger partial charge in [0.15, 0.2) is 5.58 Å². The standard InChI is InChI=1S/C17H21N3O5/c1-2-24-16(22)19-11-9-18(10-12-19)15(21)7-8-20-13-5-3-4-6-14(13)25-17(20)23/h3-6H,2,7-12H2,1H3. The van der Waals surface area contributed by atoms with Crippen LogP contribution in [0.15, 0.2) is 33.5 Å². The van der Waals surface area contributed by atoms with Crippen LogP contribution in [0.3, 0.4) is 0 Å². The van der Waals surface area contributed by atoms with E-state index in [0.717, 1.165) is 0 Å². The van der Waals surface area contributed by atoms with Crippen LogP contribution in [-0.4, -0.2) is 59.2 Å². The minimum Gasteiger partial charge on any atom is -0.450 e. The van der Waals surface area contributed by atoms with Gasteiger partial charge in [0.2, 0.25) is 5.91 Å². The van der Waals surface area contributed by atoms with Gasteiger partial charge < -0.3 is 19.0 Å². The van der Waals surface area contributed by atoms with E-state index in [1.165, 1.54) is 4.57 Å². The number of aromatic nitrogens is 1. The number of hydrogen-bond acceptors (Lipinski definition) is 5. The van der Waals surface area contributed by atoms with E-state index in [1.54, 1.807) is 34.9 Å². The summed E-state index contributed by atoms with van der Waals surface area (Å²) >= 11 is 0. The molecule has 1 aliphatic heterocycles. The number of rotatable bonds is 4. The fourth-order valence-corrected chi connectivity index (χ4v) is 2.94. The van der Waals surface area contributed by atoms with Gasteiger partial charge in [-0.1, -0.05) is 12.1 Å². The average molecular weight is 347 g/mol. The molecule has 1 aromatic heterocycles. The highest BCUT2D eigenvalue weighted by Gasteiger charge is 2.24. The van der Waals surface area contributed by atoms with Crippen LogP contribution in [-0.2, 0) is 16.1 Å². The molecule has 0 spiro atoms. The van der Waals surface area contributed by atoms with Crippen molar-refractivity contribution in [1.82, 2.24) is 14.4 Å². The van der Waals surface area contributed by atoms with Crippen molar-refractivity contribution >= 4 is 23.1 Å². The Morgan fingerprint density at radius 2 is 1.80 bits per heavy atom. The van der Waals surface area contributed by atoms with Gasteiger partial charge in [-0.25, -0.2) is 9.59 Å². The molecule has 0 atom stereocenters. The highest BCUT2D eigenvalue weighted by Crippen LogP contribution is 2.13. The summed E-state index contributed by atoms with van der Waals surface area (Å²) in [4.78, 5) is 39.3. The van der Waals surface area contributed by atoms with E-state index in [2.05, 4.69) is 0 Å². The predicted molar refractivity (Wildman–Crippen MR) is 90.3 cm³/mol.